The average Bonchev–Trinajstić information content (AvgIpc) is 2.34. The van der Waals surface area contributed by atoms with Crippen molar-refractivity contribution in [1.82, 2.24) is 5.32 Å². The van der Waals surface area contributed by atoms with Crippen molar-refractivity contribution in [2.45, 2.75) is 25.3 Å². The second-order valence-electron chi connectivity index (χ2n) is 3.98. The Morgan fingerprint density at radius 1 is 1.10 bits per heavy atom. The first-order valence-electron chi connectivity index (χ1n) is 5.76. The number of benzene rings is 1. The summed E-state index contributed by atoms with van der Waals surface area (Å²) >= 11 is 5.89. The molecule has 0 bridgehead atoms. The quantitative estimate of drug-likeness (QED) is 0.606. The van der Waals surface area contributed by atoms with Crippen LogP contribution in [0.4, 0.5) is 22.0 Å². The SMILES string of the molecule is FC(F)(F)C(F)(F)OCCCNCc1ccccc1Cl. The molecule has 0 aliphatic carbocycles. The first-order chi connectivity index (χ1) is 9.24. The van der Waals surface area contributed by atoms with Crippen molar-refractivity contribution in [3.63, 3.8) is 0 Å². The van der Waals surface area contributed by atoms with Crippen molar-refractivity contribution < 1.29 is 26.7 Å². The highest BCUT2D eigenvalue weighted by Gasteiger charge is 2.59. The Kier molecular flexibility index (Phi) is 6.16. The number of halogens is 6. The summed E-state index contributed by atoms with van der Waals surface area (Å²) < 4.78 is 63.6. The van der Waals surface area contributed by atoms with E-state index in [9.17, 15) is 22.0 Å². The summed E-state index contributed by atoms with van der Waals surface area (Å²) in [5.74, 6) is 0. The number of rotatable bonds is 7. The van der Waals surface area contributed by atoms with E-state index in [1.807, 2.05) is 0 Å². The summed E-state index contributed by atoms with van der Waals surface area (Å²) in [5, 5.41) is 3.43. The Hall–Kier alpha value is -0.920. The van der Waals surface area contributed by atoms with Crippen molar-refractivity contribution in [3.05, 3.63) is 34.9 Å². The average molecular weight is 318 g/mol. The van der Waals surface area contributed by atoms with E-state index in [-0.39, 0.29) is 13.0 Å². The van der Waals surface area contributed by atoms with Crippen LogP contribution in [0.5, 0.6) is 0 Å². The molecule has 0 aliphatic heterocycles. The summed E-state index contributed by atoms with van der Waals surface area (Å²) in [4.78, 5) is 0. The van der Waals surface area contributed by atoms with Crippen LogP contribution < -0.4 is 5.32 Å². The molecule has 2 nitrogen and oxygen atoms in total. The predicted octanol–water partition coefficient (Wildman–Crippen LogP) is 3.99. The number of ether oxygens (including phenoxy) is 1. The van der Waals surface area contributed by atoms with Crippen LogP contribution in [-0.2, 0) is 11.3 Å². The third-order valence-corrected chi connectivity index (χ3v) is 2.75. The maximum atomic E-state index is 12.4. The molecule has 0 aromatic heterocycles. The van der Waals surface area contributed by atoms with Gasteiger partial charge >= 0.3 is 12.3 Å². The molecule has 0 saturated heterocycles. The van der Waals surface area contributed by atoms with E-state index >= 15 is 0 Å². The molecule has 1 aromatic rings. The van der Waals surface area contributed by atoms with Gasteiger partial charge in [-0.2, -0.15) is 22.0 Å². The lowest BCUT2D eigenvalue weighted by Crippen LogP contribution is -2.39. The van der Waals surface area contributed by atoms with Gasteiger partial charge in [-0.05, 0) is 24.6 Å². The van der Waals surface area contributed by atoms with Gasteiger partial charge in [0.1, 0.15) is 0 Å². The lowest BCUT2D eigenvalue weighted by atomic mass is 10.2. The molecule has 0 unspecified atom stereocenters. The summed E-state index contributed by atoms with van der Waals surface area (Å²) in [6, 6.07) is 7.03. The fraction of sp³-hybridized carbons (Fsp3) is 0.500. The van der Waals surface area contributed by atoms with Gasteiger partial charge in [-0.1, -0.05) is 29.8 Å². The lowest BCUT2D eigenvalue weighted by molar-refractivity contribution is -0.391. The summed E-state index contributed by atoms with van der Waals surface area (Å²) in [7, 11) is 0. The van der Waals surface area contributed by atoms with Gasteiger partial charge < -0.3 is 10.1 Å². The summed E-state index contributed by atoms with van der Waals surface area (Å²) in [6.07, 6.45) is -10.8. The first kappa shape index (κ1) is 17.1. The Morgan fingerprint density at radius 3 is 2.35 bits per heavy atom. The molecule has 0 amide bonds. The molecule has 8 heteroatoms. The van der Waals surface area contributed by atoms with E-state index in [4.69, 9.17) is 11.6 Å². The zero-order valence-corrected chi connectivity index (χ0v) is 11.1. The largest absolute Gasteiger partial charge is 0.482 e. The topological polar surface area (TPSA) is 21.3 Å². The Labute approximate surface area is 117 Å². The van der Waals surface area contributed by atoms with Crippen molar-refractivity contribution in [2.24, 2.45) is 0 Å². The summed E-state index contributed by atoms with van der Waals surface area (Å²) in [6.45, 7) is -0.0590. The standard InChI is InChI=1S/C12H13ClF5NO/c13-10-5-2-1-4-9(10)8-19-6-3-7-20-12(17,18)11(14,15)16/h1-2,4-5,19H,3,6-8H2. The highest BCUT2D eigenvalue weighted by Crippen LogP contribution is 2.36. The van der Waals surface area contributed by atoms with E-state index in [0.29, 0.717) is 11.6 Å². The minimum absolute atomic E-state index is 0.0239. The van der Waals surface area contributed by atoms with Crippen LogP contribution in [0.3, 0.4) is 0 Å². The molecule has 0 spiro atoms. The highest BCUT2D eigenvalue weighted by molar-refractivity contribution is 6.31. The van der Waals surface area contributed by atoms with Gasteiger partial charge in [0.15, 0.2) is 0 Å². The van der Waals surface area contributed by atoms with Gasteiger partial charge in [0, 0.05) is 11.6 Å². The minimum Gasteiger partial charge on any atom is -0.313 e. The van der Waals surface area contributed by atoms with Gasteiger partial charge in [-0.3, -0.25) is 0 Å². The van der Waals surface area contributed by atoms with Gasteiger partial charge in [0.2, 0.25) is 0 Å². The monoisotopic (exact) mass is 317 g/mol. The molecule has 20 heavy (non-hydrogen) atoms. The van der Waals surface area contributed by atoms with Crippen molar-refractivity contribution in [1.29, 1.82) is 0 Å². The first-order valence-corrected chi connectivity index (χ1v) is 6.14. The third-order valence-electron chi connectivity index (χ3n) is 2.38. The number of hydrogen-bond donors (Lipinski definition) is 1. The normalized spacial score (nSPS) is 12.7. The molecule has 0 aliphatic rings. The van der Waals surface area contributed by atoms with Crippen molar-refractivity contribution >= 4 is 11.6 Å². The zero-order chi connectivity index (χ0) is 15.2. The maximum Gasteiger partial charge on any atom is 0.482 e. The highest BCUT2D eigenvalue weighted by atomic mass is 35.5. The van der Waals surface area contributed by atoms with Crippen LogP contribution in [-0.4, -0.2) is 25.4 Å². The smallest absolute Gasteiger partial charge is 0.313 e. The molecule has 0 saturated carbocycles. The Balaban J connectivity index is 2.19. The molecule has 1 N–H and O–H groups in total. The molecule has 0 atom stereocenters. The van der Waals surface area contributed by atoms with Crippen LogP contribution in [0.1, 0.15) is 12.0 Å². The fourth-order valence-electron chi connectivity index (χ4n) is 1.34. The van der Waals surface area contributed by atoms with Gasteiger partial charge in [-0.15, -0.1) is 0 Å². The molecular formula is C12H13ClF5NO. The fourth-order valence-corrected chi connectivity index (χ4v) is 1.55. The van der Waals surface area contributed by atoms with Gasteiger partial charge in [0.05, 0.1) is 6.61 Å². The van der Waals surface area contributed by atoms with E-state index in [1.165, 1.54) is 0 Å². The van der Waals surface area contributed by atoms with E-state index in [0.717, 1.165) is 5.56 Å². The molecule has 0 fully saturated rings. The minimum atomic E-state index is -5.68. The van der Waals surface area contributed by atoms with Gasteiger partial charge in [-0.25, -0.2) is 0 Å². The molecule has 0 radical (unpaired) electrons. The second-order valence-corrected chi connectivity index (χ2v) is 4.39. The number of alkyl halides is 5. The summed E-state index contributed by atoms with van der Waals surface area (Å²) in [5.41, 5.74) is 0.815. The third kappa shape index (κ3) is 5.22. The maximum absolute atomic E-state index is 12.4. The molecule has 1 aromatic carbocycles. The van der Waals surface area contributed by atoms with Crippen LogP contribution in [0.25, 0.3) is 0 Å². The Bertz CT molecular complexity index is 425. The van der Waals surface area contributed by atoms with E-state index < -0.39 is 18.9 Å². The van der Waals surface area contributed by atoms with Crippen LogP contribution >= 0.6 is 11.6 Å². The van der Waals surface area contributed by atoms with Crippen LogP contribution in [0, 0.1) is 0 Å². The van der Waals surface area contributed by atoms with Crippen LogP contribution in [0.15, 0.2) is 24.3 Å². The van der Waals surface area contributed by atoms with Crippen LogP contribution in [0.2, 0.25) is 5.02 Å². The zero-order valence-electron chi connectivity index (χ0n) is 10.3. The second kappa shape index (κ2) is 7.19. The lowest BCUT2D eigenvalue weighted by Gasteiger charge is -2.19. The number of hydrogen-bond acceptors (Lipinski definition) is 2. The molecule has 114 valence electrons. The van der Waals surface area contributed by atoms with Crippen molar-refractivity contribution in [2.75, 3.05) is 13.2 Å². The molecule has 1 rings (SSSR count). The number of nitrogens with one attached hydrogen (secondary N) is 1. The van der Waals surface area contributed by atoms with E-state index in [2.05, 4.69) is 10.1 Å². The molecular weight excluding hydrogens is 305 g/mol. The molecule has 0 heterocycles. The van der Waals surface area contributed by atoms with Gasteiger partial charge in [0.25, 0.3) is 0 Å². The van der Waals surface area contributed by atoms with E-state index in [1.54, 1.807) is 24.3 Å². The predicted molar refractivity (Wildman–Crippen MR) is 64.7 cm³/mol. The van der Waals surface area contributed by atoms with Crippen molar-refractivity contribution in [3.8, 4) is 0 Å². The Morgan fingerprint density at radius 2 is 1.75 bits per heavy atom.